The van der Waals surface area contributed by atoms with E-state index < -0.39 is 30.8 Å². The van der Waals surface area contributed by atoms with Gasteiger partial charge >= 0.3 is 0 Å². The van der Waals surface area contributed by atoms with Gasteiger partial charge in [0.2, 0.25) is 10.0 Å². The fourth-order valence-corrected chi connectivity index (χ4v) is 5.59. The fourth-order valence-electron chi connectivity index (χ4n) is 2.69. The molecule has 0 bridgehead atoms. The summed E-state index contributed by atoms with van der Waals surface area (Å²) in [5.41, 5.74) is 1.19. The third-order valence-electron chi connectivity index (χ3n) is 4.41. The normalized spacial score (nSPS) is 12.4. The van der Waals surface area contributed by atoms with Crippen molar-refractivity contribution in [3.05, 3.63) is 52.3 Å². The number of nitrogens with one attached hydrogen (secondary N) is 1. The second-order valence-electron chi connectivity index (χ2n) is 6.18. The second-order valence-corrected chi connectivity index (χ2v) is 10.2. The third kappa shape index (κ3) is 4.48. The average Bonchev–Trinajstić information content (AvgIpc) is 2.58. The van der Waals surface area contributed by atoms with E-state index in [0.29, 0.717) is 11.1 Å². The largest absolute Gasteiger partial charge is 0.279 e. The highest BCUT2D eigenvalue weighted by Crippen LogP contribution is 2.29. The Bertz CT molecular complexity index is 1100. The predicted molar refractivity (Wildman–Crippen MR) is 108 cm³/mol. The highest BCUT2D eigenvalue weighted by molar-refractivity contribution is 7.92. The molecule has 0 aliphatic carbocycles. The van der Waals surface area contributed by atoms with E-state index in [1.807, 2.05) is 0 Å². The van der Waals surface area contributed by atoms with Crippen molar-refractivity contribution in [2.45, 2.75) is 37.5 Å². The van der Waals surface area contributed by atoms with Crippen molar-refractivity contribution < 1.29 is 21.2 Å². The van der Waals surface area contributed by atoms with Gasteiger partial charge in [-0.1, -0.05) is 25.4 Å². The number of hydrogen-bond donors (Lipinski definition) is 1. The van der Waals surface area contributed by atoms with E-state index in [9.17, 15) is 21.2 Å². The van der Waals surface area contributed by atoms with Gasteiger partial charge in [-0.3, -0.25) is 4.72 Å². The minimum atomic E-state index is -4.29. The molecule has 0 aromatic heterocycles. The predicted octanol–water partition coefficient (Wildman–Crippen LogP) is 3.93. The second kappa shape index (κ2) is 8.36. The smallest absolute Gasteiger partial charge is 0.264 e. The Morgan fingerprint density at radius 2 is 1.64 bits per heavy atom. The molecule has 154 valence electrons. The number of sulfonamides is 2. The molecule has 2 aromatic rings. The molecule has 0 amide bonds. The van der Waals surface area contributed by atoms with Gasteiger partial charge in [0.1, 0.15) is 10.7 Å². The number of rotatable bonds is 7. The number of anilines is 1. The van der Waals surface area contributed by atoms with Crippen LogP contribution in [0, 0.1) is 19.7 Å². The van der Waals surface area contributed by atoms with Crippen molar-refractivity contribution in [2.75, 3.05) is 17.8 Å². The number of nitrogens with zero attached hydrogens (tertiary/aromatic N) is 1. The molecule has 28 heavy (non-hydrogen) atoms. The van der Waals surface area contributed by atoms with Gasteiger partial charge in [-0.2, -0.15) is 4.31 Å². The molecular weight excluding hydrogens is 427 g/mol. The van der Waals surface area contributed by atoms with Crippen LogP contribution in [0.2, 0.25) is 5.02 Å². The highest BCUT2D eigenvalue weighted by atomic mass is 35.5. The summed E-state index contributed by atoms with van der Waals surface area (Å²) in [7, 11) is -8.08. The van der Waals surface area contributed by atoms with Gasteiger partial charge in [0.15, 0.2) is 0 Å². The molecule has 0 aliphatic rings. The average molecular weight is 449 g/mol. The van der Waals surface area contributed by atoms with E-state index in [4.69, 9.17) is 11.6 Å². The first-order valence-corrected chi connectivity index (χ1v) is 11.8. The first-order valence-electron chi connectivity index (χ1n) is 8.53. The number of benzene rings is 2. The zero-order valence-corrected chi connectivity index (χ0v) is 18.3. The molecule has 0 saturated heterocycles. The number of halogens is 2. The Balaban J connectivity index is 2.56. The van der Waals surface area contributed by atoms with Crippen molar-refractivity contribution in [3.63, 3.8) is 0 Å². The Labute approximate surface area is 170 Å². The van der Waals surface area contributed by atoms with E-state index >= 15 is 0 Å². The van der Waals surface area contributed by atoms with Gasteiger partial charge < -0.3 is 0 Å². The van der Waals surface area contributed by atoms with Crippen LogP contribution in [-0.4, -0.2) is 34.2 Å². The van der Waals surface area contributed by atoms with Crippen molar-refractivity contribution in [2.24, 2.45) is 0 Å². The van der Waals surface area contributed by atoms with Gasteiger partial charge in [-0.15, -0.1) is 0 Å². The first-order chi connectivity index (χ1) is 12.9. The minimum Gasteiger partial charge on any atom is -0.279 e. The fraction of sp³-hybridized carbons (Fsp3) is 0.333. The lowest BCUT2D eigenvalue weighted by atomic mass is 10.1. The zero-order valence-electron chi connectivity index (χ0n) is 16.0. The maximum Gasteiger partial charge on any atom is 0.264 e. The molecule has 0 atom stereocenters. The van der Waals surface area contributed by atoms with Crippen molar-refractivity contribution >= 4 is 37.3 Å². The lowest BCUT2D eigenvalue weighted by Gasteiger charge is -2.20. The Morgan fingerprint density at radius 3 is 2.18 bits per heavy atom. The maximum absolute atomic E-state index is 14.1. The van der Waals surface area contributed by atoms with Crippen LogP contribution in [0.3, 0.4) is 0 Å². The van der Waals surface area contributed by atoms with Crippen LogP contribution < -0.4 is 4.72 Å². The molecular formula is C18H22ClFN2O4S2. The van der Waals surface area contributed by atoms with Crippen LogP contribution in [0.15, 0.2) is 40.1 Å². The molecule has 0 unspecified atom stereocenters. The summed E-state index contributed by atoms with van der Waals surface area (Å²) >= 11 is 5.67. The summed E-state index contributed by atoms with van der Waals surface area (Å²) < 4.78 is 68.6. The summed E-state index contributed by atoms with van der Waals surface area (Å²) in [5, 5.41) is 0.0655. The number of aryl methyl sites for hydroxylation is 1. The molecule has 0 radical (unpaired) electrons. The van der Waals surface area contributed by atoms with E-state index in [2.05, 4.69) is 4.72 Å². The number of hydrogen-bond acceptors (Lipinski definition) is 4. The van der Waals surface area contributed by atoms with Gasteiger partial charge in [0.05, 0.1) is 10.6 Å². The molecule has 2 rings (SSSR count). The molecule has 0 spiro atoms. The molecule has 10 heteroatoms. The van der Waals surface area contributed by atoms with Crippen LogP contribution in [0.5, 0.6) is 0 Å². The summed E-state index contributed by atoms with van der Waals surface area (Å²) in [4.78, 5) is -0.612. The summed E-state index contributed by atoms with van der Waals surface area (Å²) in [6.07, 6.45) is 0. The lowest BCUT2D eigenvalue weighted by Crippen LogP contribution is -2.30. The van der Waals surface area contributed by atoms with Crippen LogP contribution in [0.25, 0.3) is 0 Å². The highest BCUT2D eigenvalue weighted by Gasteiger charge is 2.25. The first kappa shape index (κ1) is 22.6. The standard InChI is InChI=1S/C18H22ClFN2O4S2/c1-5-22(6-2)28(25,26)15-9-12(3)13(4)17(11-15)21-27(23,24)18-8-7-14(19)10-16(18)20/h7-11,21H,5-6H2,1-4H3. The summed E-state index contributed by atoms with van der Waals surface area (Å²) in [6, 6.07) is 5.96. The van der Waals surface area contributed by atoms with Crippen molar-refractivity contribution in [1.29, 1.82) is 0 Å². The molecule has 0 aliphatic heterocycles. The van der Waals surface area contributed by atoms with Crippen LogP contribution in [-0.2, 0) is 20.0 Å². The Hall–Kier alpha value is -1.68. The lowest BCUT2D eigenvalue weighted by molar-refractivity contribution is 0.445. The Morgan fingerprint density at radius 1 is 1.04 bits per heavy atom. The van der Waals surface area contributed by atoms with Crippen molar-refractivity contribution in [1.82, 2.24) is 4.31 Å². The van der Waals surface area contributed by atoms with E-state index in [1.165, 1.54) is 22.5 Å². The van der Waals surface area contributed by atoms with Gasteiger partial charge in [0.25, 0.3) is 10.0 Å². The van der Waals surface area contributed by atoms with Crippen LogP contribution in [0.4, 0.5) is 10.1 Å². The topological polar surface area (TPSA) is 83.6 Å². The minimum absolute atomic E-state index is 0.0337. The van der Waals surface area contributed by atoms with Gasteiger partial charge in [-0.05, 0) is 55.3 Å². The quantitative estimate of drug-likeness (QED) is 0.695. The third-order valence-corrected chi connectivity index (χ3v) is 8.07. The SMILES string of the molecule is CCN(CC)S(=O)(=O)c1cc(C)c(C)c(NS(=O)(=O)c2ccc(Cl)cc2F)c1. The van der Waals surface area contributed by atoms with Crippen molar-refractivity contribution in [3.8, 4) is 0 Å². The van der Waals surface area contributed by atoms with E-state index in [0.717, 1.165) is 12.1 Å². The monoisotopic (exact) mass is 448 g/mol. The molecule has 2 aromatic carbocycles. The molecule has 6 nitrogen and oxygen atoms in total. The van der Waals surface area contributed by atoms with Crippen LogP contribution >= 0.6 is 11.6 Å². The molecule has 0 fully saturated rings. The van der Waals surface area contributed by atoms with E-state index in [-0.39, 0.29) is 28.7 Å². The van der Waals surface area contributed by atoms with Gasteiger partial charge in [0, 0.05) is 18.1 Å². The summed E-state index contributed by atoms with van der Waals surface area (Å²) in [6.45, 7) is 7.33. The Kier molecular flexibility index (Phi) is 6.75. The zero-order chi connectivity index (χ0) is 21.3. The van der Waals surface area contributed by atoms with Crippen LogP contribution in [0.1, 0.15) is 25.0 Å². The maximum atomic E-state index is 14.1. The van der Waals surface area contributed by atoms with E-state index in [1.54, 1.807) is 27.7 Å². The van der Waals surface area contributed by atoms with Gasteiger partial charge in [-0.25, -0.2) is 21.2 Å². The molecule has 0 saturated carbocycles. The summed E-state index contributed by atoms with van der Waals surface area (Å²) in [5.74, 6) is -0.999. The molecule has 0 heterocycles. The molecule has 1 N–H and O–H groups in total.